The fourth-order valence-electron chi connectivity index (χ4n) is 0.912. The first-order chi connectivity index (χ1) is 4.60. The minimum Gasteiger partial charge on any atom is -0.466 e. The molecule has 0 unspecified atom stereocenters. The number of hydrogen-bond donors (Lipinski definition) is 2. The van der Waals surface area contributed by atoms with Crippen molar-refractivity contribution in [3.8, 4) is 0 Å². The van der Waals surface area contributed by atoms with Crippen LogP contribution in [0.15, 0.2) is 0 Å². The van der Waals surface area contributed by atoms with Crippen molar-refractivity contribution >= 4 is 31.2 Å². The van der Waals surface area contributed by atoms with Gasteiger partial charge in [0.05, 0.1) is 17.1 Å². The maximum Gasteiger partial charge on any atom is 0.308 e. The average molecular weight is 178 g/mol. The highest BCUT2D eigenvalue weighted by Gasteiger charge is 2.27. The fourth-order valence-corrected chi connectivity index (χ4v) is 1.49. The Bertz CT molecular complexity index is 145. The zero-order valence-electron chi connectivity index (χ0n) is 5.54. The average Bonchev–Trinajstić information content (AvgIpc) is 1.90. The van der Waals surface area contributed by atoms with E-state index < -0.39 is 4.08 Å². The zero-order chi connectivity index (χ0) is 7.61. The van der Waals surface area contributed by atoms with Crippen LogP contribution in [-0.2, 0) is 9.53 Å². The van der Waals surface area contributed by atoms with Crippen molar-refractivity contribution in [2.45, 2.75) is 23.3 Å². The van der Waals surface area contributed by atoms with E-state index in [9.17, 15) is 4.79 Å². The SMILES string of the molecule is O=C1CC(S)(S)CCCO1. The summed E-state index contributed by atoms with van der Waals surface area (Å²) in [6, 6.07) is 0. The molecular formula is C6H10O2S2. The van der Waals surface area contributed by atoms with E-state index in [0.29, 0.717) is 13.0 Å². The summed E-state index contributed by atoms with van der Waals surface area (Å²) in [6.07, 6.45) is 1.99. The Morgan fingerprint density at radius 1 is 1.50 bits per heavy atom. The quantitative estimate of drug-likeness (QED) is 0.332. The molecule has 0 saturated carbocycles. The summed E-state index contributed by atoms with van der Waals surface area (Å²) in [4.78, 5) is 10.8. The lowest BCUT2D eigenvalue weighted by Gasteiger charge is -2.16. The van der Waals surface area contributed by atoms with Crippen LogP contribution in [0.3, 0.4) is 0 Å². The van der Waals surface area contributed by atoms with Gasteiger partial charge in [0.25, 0.3) is 0 Å². The van der Waals surface area contributed by atoms with Gasteiger partial charge in [-0.1, -0.05) is 0 Å². The van der Waals surface area contributed by atoms with Gasteiger partial charge in [0.2, 0.25) is 0 Å². The third kappa shape index (κ3) is 2.42. The molecule has 4 heteroatoms. The van der Waals surface area contributed by atoms with Gasteiger partial charge in [-0.15, -0.1) is 0 Å². The van der Waals surface area contributed by atoms with E-state index in [4.69, 9.17) is 4.74 Å². The summed E-state index contributed by atoms with van der Waals surface area (Å²) in [6.45, 7) is 0.516. The van der Waals surface area contributed by atoms with Gasteiger partial charge in [-0.05, 0) is 12.8 Å². The van der Waals surface area contributed by atoms with Gasteiger partial charge >= 0.3 is 5.97 Å². The third-order valence-electron chi connectivity index (χ3n) is 1.41. The standard InChI is InChI=1S/C6H10O2S2/c7-5-4-6(9,10)2-1-3-8-5/h9-10H,1-4H2. The molecule has 1 aliphatic heterocycles. The second kappa shape index (κ2) is 3.05. The molecule has 0 aromatic heterocycles. The molecule has 1 heterocycles. The Balaban J connectivity index is 2.54. The molecular weight excluding hydrogens is 168 g/mol. The lowest BCUT2D eigenvalue weighted by atomic mass is 10.2. The van der Waals surface area contributed by atoms with Crippen LogP contribution in [0.25, 0.3) is 0 Å². The Hall–Kier alpha value is 0.170. The number of thiol groups is 2. The van der Waals surface area contributed by atoms with Crippen molar-refractivity contribution in [2.24, 2.45) is 0 Å². The van der Waals surface area contributed by atoms with E-state index in [1.807, 2.05) is 0 Å². The van der Waals surface area contributed by atoms with Gasteiger partial charge in [-0.25, -0.2) is 0 Å². The van der Waals surface area contributed by atoms with E-state index >= 15 is 0 Å². The summed E-state index contributed by atoms with van der Waals surface area (Å²) in [5, 5.41) is 0. The molecule has 1 saturated heterocycles. The van der Waals surface area contributed by atoms with Gasteiger partial charge < -0.3 is 4.74 Å². The summed E-state index contributed by atoms with van der Waals surface area (Å²) in [5.41, 5.74) is 0. The number of esters is 1. The van der Waals surface area contributed by atoms with Gasteiger partial charge in [-0.3, -0.25) is 4.79 Å². The molecule has 2 nitrogen and oxygen atoms in total. The molecule has 0 aromatic rings. The Morgan fingerprint density at radius 2 is 2.20 bits per heavy atom. The number of rotatable bonds is 0. The van der Waals surface area contributed by atoms with Crippen LogP contribution in [0.5, 0.6) is 0 Å². The lowest BCUT2D eigenvalue weighted by molar-refractivity contribution is -0.142. The Kier molecular flexibility index (Phi) is 2.52. The molecule has 0 bridgehead atoms. The monoisotopic (exact) mass is 178 g/mol. The number of carbonyl (C=O) groups excluding carboxylic acids is 1. The second-order valence-corrected chi connectivity index (χ2v) is 4.55. The predicted molar refractivity (Wildman–Crippen MR) is 45.5 cm³/mol. The number of carbonyl (C=O) groups is 1. The smallest absolute Gasteiger partial charge is 0.308 e. The number of hydrogen-bond acceptors (Lipinski definition) is 4. The summed E-state index contributed by atoms with van der Waals surface area (Å²) in [5.74, 6) is -0.192. The normalized spacial score (nSPS) is 25.2. The molecule has 0 spiro atoms. The highest BCUT2D eigenvalue weighted by Crippen LogP contribution is 2.31. The van der Waals surface area contributed by atoms with Gasteiger partial charge in [0, 0.05) is 0 Å². The van der Waals surface area contributed by atoms with E-state index in [1.165, 1.54) is 0 Å². The van der Waals surface area contributed by atoms with Crippen molar-refractivity contribution < 1.29 is 9.53 Å². The summed E-state index contributed by atoms with van der Waals surface area (Å²) in [7, 11) is 0. The van der Waals surface area contributed by atoms with Crippen molar-refractivity contribution in [3.63, 3.8) is 0 Å². The minimum absolute atomic E-state index is 0.192. The Labute approximate surface area is 71.1 Å². The molecule has 0 aromatic carbocycles. The highest BCUT2D eigenvalue weighted by molar-refractivity contribution is 8.00. The molecule has 0 aliphatic carbocycles. The van der Waals surface area contributed by atoms with Crippen molar-refractivity contribution in [3.05, 3.63) is 0 Å². The van der Waals surface area contributed by atoms with Crippen molar-refractivity contribution in [2.75, 3.05) is 6.61 Å². The van der Waals surface area contributed by atoms with E-state index in [1.54, 1.807) is 0 Å². The predicted octanol–water partition coefficient (Wildman–Crippen LogP) is 1.27. The van der Waals surface area contributed by atoms with Crippen molar-refractivity contribution in [1.29, 1.82) is 0 Å². The van der Waals surface area contributed by atoms with Crippen LogP contribution in [0.2, 0.25) is 0 Å². The molecule has 1 rings (SSSR count). The van der Waals surface area contributed by atoms with Crippen LogP contribution in [0.4, 0.5) is 0 Å². The first kappa shape index (κ1) is 8.27. The van der Waals surface area contributed by atoms with Crippen LogP contribution >= 0.6 is 25.3 Å². The molecule has 0 N–H and O–H groups in total. The fraction of sp³-hybridized carbons (Fsp3) is 0.833. The van der Waals surface area contributed by atoms with Crippen LogP contribution in [0, 0.1) is 0 Å². The third-order valence-corrected chi connectivity index (χ3v) is 2.18. The topological polar surface area (TPSA) is 26.3 Å². The van der Waals surface area contributed by atoms with Crippen LogP contribution in [0.1, 0.15) is 19.3 Å². The molecule has 1 aliphatic rings. The molecule has 0 radical (unpaired) electrons. The van der Waals surface area contributed by atoms with Gasteiger partial charge in [-0.2, -0.15) is 25.3 Å². The summed E-state index contributed by atoms with van der Waals surface area (Å²) < 4.78 is 4.35. The van der Waals surface area contributed by atoms with E-state index in [0.717, 1.165) is 12.8 Å². The molecule has 58 valence electrons. The largest absolute Gasteiger partial charge is 0.466 e. The molecule has 0 atom stereocenters. The van der Waals surface area contributed by atoms with Crippen LogP contribution < -0.4 is 0 Å². The minimum atomic E-state index is -0.451. The van der Waals surface area contributed by atoms with Crippen molar-refractivity contribution in [1.82, 2.24) is 0 Å². The van der Waals surface area contributed by atoms with E-state index in [-0.39, 0.29) is 5.97 Å². The summed E-state index contributed by atoms with van der Waals surface area (Å²) >= 11 is 8.42. The maximum atomic E-state index is 10.8. The molecule has 1 fully saturated rings. The highest BCUT2D eigenvalue weighted by atomic mass is 32.2. The lowest BCUT2D eigenvalue weighted by Crippen LogP contribution is -2.16. The molecule has 0 amide bonds. The first-order valence-corrected chi connectivity index (χ1v) is 4.10. The number of cyclic esters (lactones) is 1. The molecule has 10 heavy (non-hydrogen) atoms. The second-order valence-electron chi connectivity index (χ2n) is 2.48. The number of ether oxygens (including phenoxy) is 1. The first-order valence-electron chi connectivity index (χ1n) is 3.20. The van der Waals surface area contributed by atoms with Crippen LogP contribution in [-0.4, -0.2) is 16.7 Å². The maximum absolute atomic E-state index is 10.8. The van der Waals surface area contributed by atoms with Gasteiger partial charge in [0.15, 0.2) is 0 Å². The van der Waals surface area contributed by atoms with E-state index in [2.05, 4.69) is 25.3 Å². The zero-order valence-corrected chi connectivity index (χ0v) is 7.33. The van der Waals surface area contributed by atoms with Gasteiger partial charge in [0.1, 0.15) is 0 Å². The Morgan fingerprint density at radius 3 is 2.90 bits per heavy atom.